The van der Waals surface area contributed by atoms with Gasteiger partial charge in [-0.3, -0.25) is 4.99 Å². The van der Waals surface area contributed by atoms with Crippen molar-refractivity contribution in [1.82, 2.24) is 10.6 Å². The van der Waals surface area contributed by atoms with Crippen molar-refractivity contribution < 1.29 is 17.9 Å². The second-order valence-corrected chi connectivity index (χ2v) is 6.93. The van der Waals surface area contributed by atoms with Crippen molar-refractivity contribution in [3.8, 4) is 0 Å². The van der Waals surface area contributed by atoms with Crippen molar-refractivity contribution in [3.63, 3.8) is 0 Å². The predicted molar refractivity (Wildman–Crippen MR) is 107 cm³/mol. The molecule has 2 aromatic carbocycles. The summed E-state index contributed by atoms with van der Waals surface area (Å²) in [5, 5.41) is 6.47. The van der Waals surface area contributed by atoms with E-state index < -0.39 is 12.8 Å². The Bertz CT molecular complexity index is 747. The summed E-state index contributed by atoms with van der Waals surface area (Å²) < 4.78 is 40.9. The van der Waals surface area contributed by atoms with Gasteiger partial charge in [-0.15, -0.1) is 11.8 Å². The first-order valence-electron chi connectivity index (χ1n) is 8.69. The number of aliphatic imine (C=N–C) groups is 1. The van der Waals surface area contributed by atoms with Gasteiger partial charge in [-0.2, -0.15) is 13.2 Å². The Hall–Kier alpha value is -2.19. The number of rotatable bonds is 8. The average molecular weight is 411 g/mol. The smallest absolute Gasteiger partial charge is 0.367 e. The van der Waals surface area contributed by atoms with E-state index in [1.54, 1.807) is 30.9 Å². The predicted octanol–water partition coefficient (Wildman–Crippen LogP) is 4.35. The minimum absolute atomic E-state index is 0.0637. The summed E-state index contributed by atoms with van der Waals surface area (Å²) in [5.41, 5.74) is 2.85. The molecule has 2 aromatic rings. The molecule has 0 aliphatic rings. The topological polar surface area (TPSA) is 45.7 Å². The molecule has 0 amide bonds. The number of nitrogens with zero attached hydrogens (tertiary/aromatic N) is 1. The number of halogens is 3. The molecule has 0 saturated heterocycles. The van der Waals surface area contributed by atoms with E-state index in [1.807, 2.05) is 18.4 Å². The Kier molecular flexibility index (Phi) is 8.66. The fourth-order valence-electron chi connectivity index (χ4n) is 2.37. The summed E-state index contributed by atoms with van der Waals surface area (Å²) in [6.07, 6.45) is -2.26. The third-order valence-electron chi connectivity index (χ3n) is 3.86. The molecule has 0 unspecified atom stereocenters. The maximum absolute atomic E-state index is 12.1. The molecule has 152 valence electrons. The molecular formula is C20H24F3N3OS. The molecule has 0 radical (unpaired) electrons. The highest BCUT2D eigenvalue weighted by Gasteiger charge is 2.27. The van der Waals surface area contributed by atoms with Gasteiger partial charge in [-0.1, -0.05) is 36.4 Å². The number of alkyl halides is 3. The lowest BCUT2D eigenvalue weighted by atomic mass is 10.1. The highest BCUT2D eigenvalue weighted by atomic mass is 32.2. The molecule has 0 heterocycles. The number of hydrogen-bond donors (Lipinski definition) is 2. The number of hydrogen-bond acceptors (Lipinski definition) is 3. The quantitative estimate of drug-likeness (QED) is 0.385. The van der Waals surface area contributed by atoms with Gasteiger partial charge in [0.1, 0.15) is 6.61 Å². The fraction of sp³-hybridized carbons (Fsp3) is 0.350. The summed E-state index contributed by atoms with van der Waals surface area (Å²) in [6, 6.07) is 15.5. The van der Waals surface area contributed by atoms with Crippen LogP contribution in [0.25, 0.3) is 0 Å². The summed E-state index contributed by atoms with van der Waals surface area (Å²) >= 11 is 1.70. The number of nitrogens with one attached hydrogen (secondary N) is 2. The monoisotopic (exact) mass is 411 g/mol. The van der Waals surface area contributed by atoms with Gasteiger partial charge >= 0.3 is 6.18 Å². The van der Waals surface area contributed by atoms with Crippen molar-refractivity contribution in [3.05, 3.63) is 65.2 Å². The Labute approximate surface area is 167 Å². The first-order chi connectivity index (χ1) is 13.4. The molecule has 0 atom stereocenters. The van der Waals surface area contributed by atoms with Gasteiger partial charge in [-0.25, -0.2) is 0 Å². The second kappa shape index (κ2) is 11.0. The third-order valence-corrected chi connectivity index (χ3v) is 4.60. The van der Waals surface area contributed by atoms with Gasteiger partial charge in [0.2, 0.25) is 0 Å². The van der Waals surface area contributed by atoms with Crippen LogP contribution in [0.2, 0.25) is 0 Å². The third kappa shape index (κ3) is 8.22. The lowest BCUT2D eigenvalue weighted by Crippen LogP contribution is -2.36. The number of guanidine groups is 1. The van der Waals surface area contributed by atoms with E-state index in [9.17, 15) is 13.2 Å². The van der Waals surface area contributed by atoms with Crippen molar-refractivity contribution in [2.45, 2.75) is 30.8 Å². The Morgan fingerprint density at radius 2 is 1.43 bits per heavy atom. The number of ether oxygens (including phenoxy) is 1. The maximum atomic E-state index is 12.1. The van der Waals surface area contributed by atoms with Gasteiger partial charge in [0.25, 0.3) is 0 Å². The maximum Gasteiger partial charge on any atom is 0.411 e. The van der Waals surface area contributed by atoms with Gasteiger partial charge in [0, 0.05) is 25.0 Å². The summed E-state index contributed by atoms with van der Waals surface area (Å²) in [7, 11) is 1.70. The van der Waals surface area contributed by atoms with Crippen LogP contribution in [0.15, 0.2) is 58.4 Å². The van der Waals surface area contributed by atoms with Crippen molar-refractivity contribution >= 4 is 17.7 Å². The zero-order valence-electron chi connectivity index (χ0n) is 15.8. The molecule has 0 aromatic heterocycles. The Morgan fingerprint density at radius 1 is 0.929 bits per heavy atom. The molecule has 0 saturated carbocycles. The minimum Gasteiger partial charge on any atom is -0.367 e. The Balaban J connectivity index is 1.76. The molecule has 28 heavy (non-hydrogen) atoms. The molecule has 0 bridgehead atoms. The highest BCUT2D eigenvalue weighted by molar-refractivity contribution is 7.98. The molecule has 4 nitrogen and oxygen atoms in total. The molecule has 2 N–H and O–H groups in total. The van der Waals surface area contributed by atoms with Crippen LogP contribution in [0, 0.1) is 0 Å². The highest BCUT2D eigenvalue weighted by Crippen LogP contribution is 2.16. The van der Waals surface area contributed by atoms with E-state index in [2.05, 4.69) is 44.6 Å². The first-order valence-corrected chi connectivity index (χ1v) is 9.92. The van der Waals surface area contributed by atoms with Crippen molar-refractivity contribution in [1.29, 1.82) is 0 Å². The van der Waals surface area contributed by atoms with E-state index >= 15 is 0 Å². The van der Waals surface area contributed by atoms with E-state index in [-0.39, 0.29) is 6.61 Å². The van der Waals surface area contributed by atoms with E-state index in [0.29, 0.717) is 24.6 Å². The first kappa shape index (κ1) is 22.1. The molecule has 2 rings (SSSR count). The standard InChI is InChI=1S/C20H24F3N3OS/c1-24-19(26-12-16-7-9-18(28-2)10-8-16)25-11-15-3-5-17(6-4-15)13-27-14-20(21,22)23/h3-10H,11-14H2,1-2H3,(H2,24,25,26). The molecular weight excluding hydrogens is 387 g/mol. The largest absolute Gasteiger partial charge is 0.411 e. The molecule has 0 aliphatic carbocycles. The van der Waals surface area contributed by atoms with Crippen molar-refractivity contribution in [2.24, 2.45) is 4.99 Å². The van der Waals surface area contributed by atoms with Crippen LogP contribution in [0.4, 0.5) is 13.2 Å². The van der Waals surface area contributed by atoms with Crippen LogP contribution in [-0.4, -0.2) is 32.0 Å². The number of thioether (sulfide) groups is 1. The number of benzene rings is 2. The van der Waals surface area contributed by atoms with Gasteiger partial charge in [0.15, 0.2) is 5.96 Å². The second-order valence-electron chi connectivity index (χ2n) is 6.05. The summed E-state index contributed by atoms with van der Waals surface area (Å²) in [6.45, 7) is -0.0946. The Morgan fingerprint density at radius 3 is 1.89 bits per heavy atom. The summed E-state index contributed by atoms with van der Waals surface area (Å²) in [5.74, 6) is 0.673. The zero-order valence-corrected chi connectivity index (χ0v) is 16.7. The van der Waals surface area contributed by atoms with Crippen LogP contribution in [0.3, 0.4) is 0 Å². The molecule has 0 spiro atoms. The average Bonchev–Trinajstić information content (AvgIpc) is 2.68. The van der Waals surface area contributed by atoms with Gasteiger partial charge in [0.05, 0.1) is 6.61 Å². The SMILES string of the molecule is CN=C(NCc1ccc(COCC(F)(F)F)cc1)NCc1ccc(SC)cc1. The van der Waals surface area contributed by atoms with E-state index in [0.717, 1.165) is 11.1 Å². The fourth-order valence-corrected chi connectivity index (χ4v) is 2.78. The lowest BCUT2D eigenvalue weighted by Gasteiger charge is -2.13. The van der Waals surface area contributed by atoms with Crippen LogP contribution in [-0.2, 0) is 24.4 Å². The molecule has 0 fully saturated rings. The lowest BCUT2D eigenvalue weighted by molar-refractivity contribution is -0.176. The normalized spacial score (nSPS) is 12.1. The summed E-state index contributed by atoms with van der Waals surface area (Å²) in [4.78, 5) is 5.42. The molecule has 8 heteroatoms. The van der Waals surface area contributed by atoms with E-state index in [4.69, 9.17) is 0 Å². The zero-order chi connectivity index (χ0) is 20.4. The van der Waals surface area contributed by atoms with Gasteiger partial charge < -0.3 is 15.4 Å². The van der Waals surface area contributed by atoms with E-state index in [1.165, 1.54) is 4.90 Å². The van der Waals surface area contributed by atoms with Crippen LogP contribution in [0.1, 0.15) is 16.7 Å². The van der Waals surface area contributed by atoms with Crippen LogP contribution < -0.4 is 10.6 Å². The van der Waals surface area contributed by atoms with Gasteiger partial charge in [-0.05, 0) is 35.1 Å². The minimum atomic E-state index is -4.30. The molecule has 0 aliphatic heterocycles. The van der Waals surface area contributed by atoms with Crippen LogP contribution >= 0.6 is 11.8 Å². The van der Waals surface area contributed by atoms with Crippen LogP contribution in [0.5, 0.6) is 0 Å². The van der Waals surface area contributed by atoms with Crippen molar-refractivity contribution in [2.75, 3.05) is 19.9 Å².